The van der Waals surface area contributed by atoms with Gasteiger partial charge in [-0.25, -0.2) is 0 Å². The lowest BCUT2D eigenvalue weighted by Crippen LogP contribution is -2.39. The molecule has 3 heterocycles. The molecule has 1 N–H and O–H groups in total. The van der Waals surface area contributed by atoms with Crippen LogP contribution in [0.5, 0.6) is 0 Å². The van der Waals surface area contributed by atoms with Gasteiger partial charge in [0.2, 0.25) is 0 Å². The summed E-state index contributed by atoms with van der Waals surface area (Å²) in [6, 6.07) is 8.74. The van der Waals surface area contributed by atoms with E-state index in [2.05, 4.69) is 43.0 Å². The summed E-state index contributed by atoms with van der Waals surface area (Å²) in [6.45, 7) is 5.86. The van der Waals surface area contributed by atoms with Crippen LogP contribution in [0.4, 0.5) is 0 Å². The van der Waals surface area contributed by atoms with E-state index in [1.165, 1.54) is 15.3 Å². The largest absolute Gasteiger partial charge is 0.481 e. The minimum atomic E-state index is -0.663. The summed E-state index contributed by atoms with van der Waals surface area (Å²) in [5.41, 5.74) is 2.30. The molecule has 3 rings (SSSR count). The standard InChI is InChI=1S/C19H24N2O2S/c1-3-14-5-6-16(20-12-14)18(17-7-4-13(2)24-17)21-10-8-15(9-11-21)19(22)23/h4-7,12,15,18H,3,8-11H2,1-2H3,(H,22,23). The molecule has 24 heavy (non-hydrogen) atoms. The van der Waals surface area contributed by atoms with Crippen LogP contribution in [0.15, 0.2) is 30.5 Å². The topological polar surface area (TPSA) is 53.4 Å². The fourth-order valence-electron chi connectivity index (χ4n) is 3.32. The monoisotopic (exact) mass is 344 g/mol. The molecule has 128 valence electrons. The number of piperidine rings is 1. The molecule has 1 saturated heterocycles. The maximum absolute atomic E-state index is 11.2. The third kappa shape index (κ3) is 3.68. The van der Waals surface area contributed by atoms with Crippen molar-refractivity contribution in [3.8, 4) is 0 Å². The molecule has 1 fully saturated rings. The number of aryl methyl sites for hydroxylation is 2. The highest BCUT2D eigenvalue weighted by atomic mass is 32.1. The Morgan fingerprint density at radius 1 is 1.33 bits per heavy atom. The van der Waals surface area contributed by atoms with Crippen LogP contribution in [0.3, 0.4) is 0 Å². The summed E-state index contributed by atoms with van der Waals surface area (Å²) < 4.78 is 0. The van der Waals surface area contributed by atoms with Crippen molar-refractivity contribution in [3.63, 3.8) is 0 Å². The van der Waals surface area contributed by atoms with Crippen LogP contribution in [0, 0.1) is 12.8 Å². The van der Waals surface area contributed by atoms with Crippen molar-refractivity contribution in [2.75, 3.05) is 13.1 Å². The van der Waals surface area contributed by atoms with E-state index in [1.54, 1.807) is 11.3 Å². The number of hydrogen-bond donors (Lipinski definition) is 1. The van der Waals surface area contributed by atoms with E-state index in [1.807, 2.05) is 6.20 Å². The maximum atomic E-state index is 11.2. The molecule has 1 aliphatic heterocycles. The smallest absolute Gasteiger partial charge is 0.306 e. The van der Waals surface area contributed by atoms with E-state index in [9.17, 15) is 9.90 Å². The van der Waals surface area contributed by atoms with Crippen molar-refractivity contribution < 1.29 is 9.90 Å². The number of pyridine rings is 1. The van der Waals surface area contributed by atoms with Gasteiger partial charge in [-0.05, 0) is 63.0 Å². The van der Waals surface area contributed by atoms with Gasteiger partial charge in [0.1, 0.15) is 0 Å². The van der Waals surface area contributed by atoms with E-state index < -0.39 is 5.97 Å². The number of thiophene rings is 1. The first-order valence-corrected chi connectivity index (χ1v) is 9.38. The zero-order valence-corrected chi connectivity index (χ0v) is 15.1. The molecule has 2 aromatic rings. The number of aliphatic carboxylic acids is 1. The quantitative estimate of drug-likeness (QED) is 0.894. The molecule has 0 radical (unpaired) electrons. The van der Waals surface area contributed by atoms with Gasteiger partial charge in [0, 0.05) is 16.0 Å². The summed E-state index contributed by atoms with van der Waals surface area (Å²) in [5, 5.41) is 9.23. The zero-order valence-electron chi connectivity index (χ0n) is 14.2. The lowest BCUT2D eigenvalue weighted by Gasteiger charge is -2.35. The molecule has 0 amide bonds. The molecular weight excluding hydrogens is 320 g/mol. The number of rotatable bonds is 5. The molecule has 0 aromatic carbocycles. The van der Waals surface area contributed by atoms with Gasteiger partial charge < -0.3 is 5.11 Å². The number of likely N-dealkylation sites (tertiary alicyclic amines) is 1. The number of hydrogen-bond acceptors (Lipinski definition) is 4. The number of carbonyl (C=O) groups is 1. The van der Waals surface area contributed by atoms with Crippen LogP contribution >= 0.6 is 11.3 Å². The number of carboxylic acids is 1. The lowest BCUT2D eigenvalue weighted by molar-refractivity contribution is -0.143. The van der Waals surface area contributed by atoms with Crippen LogP contribution < -0.4 is 0 Å². The zero-order chi connectivity index (χ0) is 17.1. The molecule has 1 aliphatic rings. The first-order valence-electron chi connectivity index (χ1n) is 8.56. The third-order valence-electron chi connectivity index (χ3n) is 4.81. The van der Waals surface area contributed by atoms with Crippen molar-refractivity contribution in [1.82, 2.24) is 9.88 Å². The van der Waals surface area contributed by atoms with Gasteiger partial charge in [-0.1, -0.05) is 13.0 Å². The van der Waals surface area contributed by atoms with Crippen molar-refractivity contribution in [2.24, 2.45) is 5.92 Å². The fourth-order valence-corrected chi connectivity index (χ4v) is 4.35. The minimum absolute atomic E-state index is 0.129. The Balaban J connectivity index is 1.86. The van der Waals surface area contributed by atoms with Gasteiger partial charge in [0.25, 0.3) is 0 Å². The number of carboxylic acid groups (broad SMARTS) is 1. The minimum Gasteiger partial charge on any atom is -0.481 e. The van der Waals surface area contributed by atoms with Gasteiger partial charge in [-0.15, -0.1) is 11.3 Å². The Hall–Kier alpha value is -1.72. The molecule has 0 spiro atoms. The SMILES string of the molecule is CCc1ccc(C(c2ccc(C)s2)N2CCC(C(=O)O)CC2)nc1. The maximum Gasteiger partial charge on any atom is 0.306 e. The second-order valence-electron chi connectivity index (χ2n) is 6.44. The Morgan fingerprint density at radius 2 is 2.08 bits per heavy atom. The first-order chi connectivity index (χ1) is 11.6. The molecule has 1 unspecified atom stereocenters. The molecule has 0 bridgehead atoms. The summed E-state index contributed by atoms with van der Waals surface area (Å²) in [4.78, 5) is 20.9. The predicted molar refractivity (Wildman–Crippen MR) is 96.4 cm³/mol. The van der Waals surface area contributed by atoms with Gasteiger partial charge in [-0.2, -0.15) is 0 Å². The van der Waals surface area contributed by atoms with E-state index in [4.69, 9.17) is 4.98 Å². The second-order valence-corrected chi connectivity index (χ2v) is 7.76. The molecule has 2 aromatic heterocycles. The summed E-state index contributed by atoms with van der Waals surface area (Å²) in [7, 11) is 0. The van der Waals surface area contributed by atoms with Crippen LogP contribution in [0.25, 0.3) is 0 Å². The summed E-state index contributed by atoms with van der Waals surface area (Å²) >= 11 is 1.80. The normalized spacial score (nSPS) is 17.8. The predicted octanol–water partition coefficient (Wildman–Crippen LogP) is 3.90. The number of nitrogens with zero attached hydrogens (tertiary/aromatic N) is 2. The highest BCUT2D eigenvalue weighted by Gasteiger charge is 2.31. The van der Waals surface area contributed by atoms with E-state index in [0.29, 0.717) is 12.8 Å². The average Bonchev–Trinajstić information content (AvgIpc) is 3.02. The van der Waals surface area contributed by atoms with Gasteiger partial charge in [0.05, 0.1) is 17.7 Å². The molecular formula is C19H24N2O2S. The molecule has 1 atom stereocenters. The first kappa shape index (κ1) is 17.1. The Labute approximate surface area is 147 Å². The molecule has 0 saturated carbocycles. The highest BCUT2D eigenvalue weighted by molar-refractivity contribution is 7.12. The lowest BCUT2D eigenvalue weighted by atomic mass is 9.95. The summed E-state index contributed by atoms with van der Waals surface area (Å²) in [5.74, 6) is -0.869. The van der Waals surface area contributed by atoms with E-state index in [-0.39, 0.29) is 12.0 Å². The van der Waals surface area contributed by atoms with E-state index >= 15 is 0 Å². The van der Waals surface area contributed by atoms with Gasteiger partial charge in [0.15, 0.2) is 0 Å². The van der Waals surface area contributed by atoms with Crippen molar-refractivity contribution >= 4 is 17.3 Å². The molecule has 0 aliphatic carbocycles. The van der Waals surface area contributed by atoms with Gasteiger partial charge >= 0.3 is 5.97 Å². The van der Waals surface area contributed by atoms with Crippen LogP contribution in [0.1, 0.15) is 46.8 Å². The number of aromatic nitrogens is 1. The van der Waals surface area contributed by atoms with Gasteiger partial charge in [-0.3, -0.25) is 14.7 Å². The van der Waals surface area contributed by atoms with Crippen LogP contribution in [0.2, 0.25) is 0 Å². The Kier molecular flexibility index (Phi) is 5.31. The highest BCUT2D eigenvalue weighted by Crippen LogP contribution is 2.35. The molecule has 5 heteroatoms. The van der Waals surface area contributed by atoms with Crippen molar-refractivity contribution in [3.05, 3.63) is 51.5 Å². The second kappa shape index (κ2) is 7.45. The van der Waals surface area contributed by atoms with Crippen molar-refractivity contribution in [1.29, 1.82) is 0 Å². The average molecular weight is 344 g/mol. The van der Waals surface area contributed by atoms with E-state index in [0.717, 1.165) is 25.2 Å². The van der Waals surface area contributed by atoms with Crippen molar-refractivity contribution in [2.45, 2.75) is 39.2 Å². The Bertz CT molecular complexity index is 688. The fraction of sp³-hybridized carbons (Fsp3) is 0.474. The van der Waals surface area contributed by atoms with Crippen LogP contribution in [-0.4, -0.2) is 34.0 Å². The Morgan fingerprint density at radius 3 is 2.58 bits per heavy atom. The third-order valence-corrected chi connectivity index (χ3v) is 5.86. The van der Waals surface area contributed by atoms with Crippen LogP contribution in [-0.2, 0) is 11.2 Å². The molecule has 4 nitrogen and oxygen atoms in total. The summed E-state index contributed by atoms with van der Waals surface area (Å²) in [6.07, 6.45) is 4.37.